The summed E-state index contributed by atoms with van der Waals surface area (Å²) in [6.07, 6.45) is -1.65. The Labute approximate surface area is 149 Å². The van der Waals surface area contributed by atoms with Crippen molar-refractivity contribution in [3.63, 3.8) is 0 Å². The standard InChI is InChI=1S/C18H16F2N2O3S/c1-25-13-7-3-11(4-8-13)15-16(21-22-17(15)18(19)20)12-5-9-14(10-6-12)26(2,23)24/h3-10,18H,1-2H3,(H,21,22). The monoisotopic (exact) mass is 378 g/mol. The summed E-state index contributed by atoms with van der Waals surface area (Å²) in [6, 6.07) is 12.7. The highest BCUT2D eigenvalue weighted by Crippen LogP contribution is 2.38. The van der Waals surface area contributed by atoms with E-state index >= 15 is 0 Å². The van der Waals surface area contributed by atoms with Gasteiger partial charge in [-0.05, 0) is 29.8 Å². The first-order valence-electron chi connectivity index (χ1n) is 7.62. The van der Waals surface area contributed by atoms with Gasteiger partial charge in [0.25, 0.3) is 6.43 Å². The average Bonchev–Trinajstić information content (AvgIpc) is 3.06. The van der Waals surface area contributed by atoms with E-state index < -0.39 is 16.3 Å². The Morgan fingerprint density at radius 3 is 2.08 bits per heavy atom. The molecule has 3 aromatic rings. The number of nitrogens with one attached hydrogen (secondary N) is 1. The Balaban J connectivity index is 2.13. The van der Waals surface area contributed by atoms with Crippen molar-refractivity contribution in [2.45, 2.75) is 11.3 Å². The number of hydrogen-bond donors (Lipinski definition) is 1. The molecule has 0 saturated carbocycles. The first kappa shape index (κ1) is 18.1. The van der Waals surface area contributed by atoms with E-state index in [9.17, 15) is 17.2 Å². The molecule has 0 aliphatic rings. The van der Waals surface area contributed by atoms with E-state index in [4.69, 9.17) is 4.74 Å². The molecular formula is C18H16F2N2O3S. The van der Waals surface area contributed by atoms with Crippen molar-refractivity contribution in [2.75, 3.05) is 13.4 Å². The molecule has 0 bridgehead atoms. The minimum absolute atomic E-state index is 0.154. The fourth-order valence-electron chi connectivity index (χ4n) is 2.64. The lowest BCUT2D eigenvalue weighted by molar-refractivity contribution is 0.146. The van der Waals surface area contributed by atoms with Crippen LogP contribution < -0.4 is 4.74 Å². The third-order valence-electron chi connectivity index (χ3n) is 3.95. The number of rotatable bonds is 5. The normalized spacial score (nSPS) is 11.7. The number of H-pyrrole nitrogens is 1. The van der Waals surface area contributed by atoms with Gasteiger partial charge in [-0.3, -0.25) is 5.10 Å². The zero-order valence-corrected chi connectivity index (χ0v) is 14.8. The molecule has 0 spiro atoms. The quantitative estimate of drug-likeness (QED) is 0.726. The Bertz CT molecular complexity index is 1010. The van der Waals surface area contributed by atoms with Crippen LogP contribution in [0.25, 0.3) is 22.4 Å². The average molecular weight is 378 g/mol. The molecule has 0 saturated heterocycles. The summed E-state index contributed by atoms with van der Waals surface area (Å²) in [6.45, 7) is 0. The van der Waals surface area contributed by atoms with Crippen LogP contribution in [0.2, 0.25) is 0 Å². The summed E-state index contributed by atoms with van der Waals surface area (Å²) in [5.74, 6) is 0.606. The lowest BCUT2D eigenvalue weighted by Gasteiger charge is -2.08. The summed E-state index contributed by atoms with van der Waals surface area (Å²) >= 11 is 0. The molecule has 5 nitrogen and oxygen atoms in total. The summed E-state index contributed by atoms with van der Waals surface area (Å²) < 4.78 is 55.1. The highest BCUT2D eigenvalue weighted by molar-refractivity contribution is 7.90. The van der Waals surface area contributed by atoms with E-state index in [1.165, 1.54) is 19.2 Å². The van der Waals surface area contributed by atoms with Gasteiger partial charge in [0.15, 0.2) is 9.84 Å². The molecule has 0 fully saturated rings. The molecule has 0 aliphatic carbocycles. The van der Waals surface area contributed by atoms with Crippen LogP contribution in [0.3, 0.4) is 0 Å². The van der Waals surface area contributed by atoms with E-state index in [1.54, 1.807) is 36.4 Å². The molecule has 1 heterocycles. The number of aromatic nitrogens is 2. The molecule has 2 aromatic carbocycles. The number of hydrogen-bond acceptors (Lipinski definition) is 4. The van der Waals surface area contributed by atoms with E-state index in [0.717, 1.165) is 6.26 Å². The zero-order valence-electron chi connectivity index (χ0n) is 14.0. The van der Waals surface area contributed by atoms with Gasteiger partial charge in [-0.2, -0.15) is 5.10 Å². The third kappa shape index (κ3) is 3.45. The smallest absolute Gasteiger partial charge is 0.282 e. The maximum atomic E-state index is 13.4. The predicted octanol–water partition coefficient (Wildman–Crippen LogP) is 4.09. The number of halogens is 2. The molecule has 0 radical (unpaired) electrons. The first-order valence-corrected chi connectivity index (χ1v) is 9.51. The van der Waals surface area contributed by atoms with Crippen molar-refractivity contribution >= 4 is 9.84 Å². The zero-order chi connectivity index (χ0) is 18.9. The largest absolute Gasteiger partial charge is 0.497 e. The minimum Gasteiger partial charge on any atom is -0.497 e. The lowest BCUT2D eigenvalue weighted by Crippen LogP contribution is -1.96. The van der Waals surface area contributed by atoms with Gasteiger partial charge in [-0.15, -0.1) is 0 Å². The van der Waals surface area contributed by atoms with Gasteiger partial charge in [-0.1, -0.05) is 24.3 Å². The fraction of sp³-hybridized carbons (Fsp3) is 0.167. The van der Waals surface area contributed by atoms with E-state index in [1.807, 2.05) is 0 Å². The van der Waals surface area contributed by atoms with Gasteiger partial charge < -0.3 is 4.74 Å². The fourth-order valence-corrected chi connectivity index (χ4v) is 3.27. The summed E-state index contributed by atoms with van der Waals surface area (Å²) in [5, 5.41) is 6.40. The molecule has 1 aromatic heterocycles. The van der Waals surface area contributed by atoms with Crippen molar-refractivity contribution in [3.05, 3.63) is 54.2 Å². The number of aromatic amines is 1. The molecule has 136 valence electrons. The number of sulfone groups is 1. The van der Waals surface area contributed by atoms with Crippen LogP contribution in [0, 0.1) is 0 Å². The van der Waals surface area contributed by atoms with E-state index in [2.05, 4.69) is 10.2 Å². The van der Waals surface area contributed by atoms with Crippen LogP contribution >= 0.6 is 0 Å². The minimum atomic E-state index is -3.34. The van der Waals surface area contributed by atoms with Crippen LogP contribution in [0.5, 0.6) is 5.75 Å². The maximum Gasteiger partial charge on any atom is 0.282 e. The SMILES string of the molecule is COc1ccc(-c2c(C(F)F)n[nH]c2-c2ccc(S(C)(=O)=O)cc2)cc1. The summed E-state index contributed by atoms with van der Waals surface area (Å²) in [7, 11) is -1.82. The van der Waals surface area contributed by atoms with Crippen molar-refractivity contribution in [3.8, 4) is 28.1 Å². The second kappa shape index (κ2) is 6.87. The van der Waals surface area contributed by atoms with Gasteiger partial charge in [0.2, 0.25) is 0 Å². The molecule has 0 amide bonds. The van der Waals surface area contributed by atoms with Crippen LogP contribution in [0.4, 0.5) is 8.78 Å². The lowest BCUT2D eigenvalue weighted by atomic mass is 9.99. The Hall–Kier alpha value is -2.74. The number of nitrogens with zero attached hydrogens (tertiary/aromatic N) is 1. The van der Waals surface area contributed by atoms with Gasteiger partial charge in [-0.25, -0.2) is 17.2 Å². The summed E-state index contributed by atoms with van der Waals surface area (Å²) in [4.78, 5) is 0.154. The molecule has 0 aliphatic heterocycles. The number of ether oxygens (including phenoxy) is 1. The number of methoxy groups -OCH3 is 1. The van der Waals surface area contributed by atoms with Crippen LogP contribution in [0.15, 0.2) is 53.4 Å². The number of alkyl halides is 2. The molecular weight excluding hydrogens is 362 g/mol. The van der Waals surface area contributed by atoms with E-state index in [-0.39, 0.29) is 16.2 Å². The molecule has 0 unspecified atom stereocenters. The summed E-state index contributed by atoms with van der Waals surface area (Å²) in [5.41, 5.74) is 1.41. The predicted molar refractivity (Wildman–Crippen MR) is 94.1 cm³/mol. The molecule has 26 heavy (non-hydrogen) atoms. The van der Waals surface area contributed by atoms with Gasteiger partial charge in [0.1, 0.15) is 11.4 Å². The topological polar surface area (TPSA) is 72.0 Å². The second-order valence-electron chi connectivity index (χ2n) is 5.68. The van der Waals surface area contributed by atoms with Gasteiger partial charge >= 0.3 is 0 Å². The number of benzene rings is 2. The van der Waals surface area contributed by atoms with Crippen LogP contribution in [-0.2, 0) is 9.84 Å². The Morgan fingerprint density at radius 2 is 1.58 bits per heavy atom. The Kier molecular flexibility index (Phi) is 4.78. The van der Waals surface area contributed by atoms with Crippen molar-refractivity contribution in [1.29, 1.82) is 0 Å². The highest BCUT2D eigenvalue weighted by atomic mass is 32.2. The van der Waals surface area contributed by atoms with Crippen molar-refractivity contribution in [1.82, 2.24) is 10.2 Å². The highest BCUT2D eigenvalue weighted by Gasteiger charge is 2.23. The first-order chi connectivity index (χ1) is 12.3. The Morgan fingerprint density at radius 1 is 1.00 bits per heavy atom. The third-order valence-corrected chi connectivity index (χ3v) is 5.08. The molecule has 8 heteroatoms. The van der Waals surface area contributed by atoms with Crippen LogP contribution in [0.1, 0.15) is 12.1 Å². The van der Waals surface area contributed by atoms with E-state index in [0.29, 0.717) is 22.6 Å². The molecule has 0 atom stereocenters. The van der Waals surface area contributed by atoms with Gasteiger partial charge in [0.05, 0.1) is 17.7 Å². The maximum absolute atomic E-state index is 13.4. The van der Waals surface area contributed by atoms with Crippen molar-refractivity contribution < 1.29 is 21.9 Å². The van der Waals surface area contributed by atoms with Crippen molar-refractivity contribution in [2.24, 2.45) is 0 Å². The second-order valence-corrected chi connectivity index (χ2v) is 7.70. The van der Waals surface area contributed by atoms with Crippen LogP contribution in [-0.4, -0.2) is 32.0 Å². The molecule has 3 rings (SSSR count). The van der Waals surface area contributed by atoms with Gasteiger partial charge in [0, 0.05) is 17.4 Å². The molecule has 1 N–H and O–H groups in total.